The molecule has 1 aliphatic carbocycles. The van der Waals surface area contributed by atoms with Gasteiger partial charge in [0.25, 0.3) is 0 Å². The highest BCUT2D eigenvalue weighted by molar-refractivity contribution is 5.73. The third-order valence-corrected chi connectivity index (χ3v) is 3.38. The number of carbonyl (C=O) groups is 1. The molecule has 1 heterocycles. The van der Waals surface area contributed by atoms with Crippen molar-refractivity contribution in [3.05, 3.63) is 0 Å². The lowest BCUT2D eigenvalue weighted by Gasteiger charge is -2.58. The summed E-state index contributed by atoms with van der Waals surface area (Å²) in [4.78, 5) is 12.5. The first-order chi connectivity index (χ1) is 5.65. The molecule has 0 aromatic heterocycles. The van der Waals surface area contributed by atoms with Crippen LogP contribution in [0.4, 0.5) is 4.79 Å². The van der Waals surface area contributed by atoms with E-state index < -0.39 is 0 Å². The van der Waals surface area contributed by atoms with Crippen molar-refractivity contribution in [2.75, 3.05) is 13.1 Å². The first-order valence-electron chi connectivity index (χ1n) is 4.69. The number of rotatable bonds is 1. The SMILES string of the molecule is CCC1CC2(C1)CN(C(N)=O)C2. The third kappa shape index (κ3) is 0.993. The molecular weight excluding hydrogens is 152 g/mol. The van der Waals surface area contributed by atoms with Gasteiger partial charge in [-0.25, -0.2) is 4.79 Å². The number of nitrogens with two attached hydrogens (primary N) is 1. The van der Waals surface area contributed by atoms with Gasteiger partial charge in [-0.15, -0.1) is 0 Å². The van der Waals surface area contributed by atoms with Crippen LogP contribution in [0.2, 0.25) is 0 Å². The summed E-state index contributed by atoms with van der Waals surface area (Å²) in [6, 6.07) is -0.249. The number of likely N-dealkylation sites (tertiary alicyclic amines) is 1. The molecule has 3 nitrogen and oxygen atoms in total. The summed E-state index contributed by atoms with van der Waals surface area (Å²) in [5.74, 6) is 0.917. The average molecular weight is 168 g/mol. The van der Waals surface area contributed by atoms with E-state index in [-0.39, 0.29) is 6.03 Å². The summed E-state index contributed by atoms with van der Waals surface area (Å²) in [6.45, 7) is 4.07. The lowest BCUT2D eigenvalue weighted by molar-refractivity contribution is -0.0699. The predicted octanol–water partition coefficient (Wildman–Crippen LogP) is 1.19. The molecule has 0 unspecified atom stereocenters. The number of carbonyl (C=O) groups excluding carboxylic acids is 1. The Bertz CT molecular complexity index is 201. The zero-order valence-electron chi connectivity index (χ0n) is 7.55. The highest BCUT2D eigenvalue weighted by Gasteiger charge is 2.52. The van der Waals surface area contributed by atoms with E-state index >= 15 is 0 Å². The molecule has 3 heteroatoms. The van der Waals surface area contributed by atoms with Crippen LogP contribution in [0.1, 0.15) is 26.2 Å². The van der Waals surface area contributed by atoms with Crippen molar-refractivity contribution in [2.24, 2.45) is 17.1 Å². The second kappa shape index (κ2) is 2.38. The second-order valence-corrected chi connectivity index (χ2v) is 4.38. The molecule has 2 rings (SSSR count). The Morgan fingerprint density at radius 1 is 1.58 bits per heavy atom. The fraction of sp³-hybridized carbons (Fsp3) is 0.889. The summed E-state index contributed by atoms with van der Waals surface area (Å²) in [5, 5.41) is 0. The maximum Gasteiger partial charge on any atom is 0.314 e. The summed E-state index contributed by atoms with van der Waals surface area (Å²) in [6.07, 6.45) is 3.92. The van der Waals surface area contributed by atoms with Gasteiger partial charge in [-0.2, -0.15) is 0 Å². The molecule has 1 saturated heterocycles. The quantitative estimate of drug-likeness (QED) is 0.628. The number of nitrogens with zero attached hydrogens (tertiary/aromatic N) is 1. The molecule has 0 aromatic rings. The number of hydrogen-bond acceptors (Lipinski definition) is 1. The van der Waals surface area contributed by atoms with E-state index in [0.717, 1.165) is 19.0 Å². The molecule has 1 aliphatic heterocycles. The van der Waals surface area contributed by atoms with Crippen LogP contribution in [-0.4, -0.2) is 24.0 Å². The van der Waals surface area contributed by atoms with Crippen LogP contribution >= 0.6 is 0 Å². The zero-order chi connectivity index (χ0) is 8.77. The number of urea groups is 1. The van der Waals surface area contributed by atoms with Crippen LogP contribution in [0.5, 0.6) is 0 Å². The fourth-order valence-electron chi connectivity index (χ4n) is 2.63. The van der Waals surface area contributed by atoms with Gasteiger partial charge in [0.1, 0.15) is 0 Å². The van der Waals surface area contributed by atoms with Gasteiger partial charge < -0.3 is 10.6 Å². The normalized spacial score (nSPS) is 26.6. The minimum atomic E-state index is -0.249. The molecule has 2 N–H and O–H groups in total. The van der Waals surface area contributed by atoms with Gasteiger partial charge in [-0.05, 0) is 18.8 Å². The topological polar surface area (TPSA) is 46.3 Å². The molecule has 2 amide bonds. The Labute approximate surface area is 72.9 Å². The molecule has 0 radical (unpaired) electrons. The Kier molecular flexibility index (Phi) is 1.56. The van der Waals surface area contributed by atoms with Crippen LogP contribution in [0, 0.1) is 11.3 Å². The lowest BCUT2D eigenvalue weighted by atomic mass is 9.57. The summed E-state index contributed by atoms with van der Waals surface area (Å²) < 4.78 is 0. The first-order valence-corrected chi connectivity index (χ1v) is 4.69. The standard InChI is InChI=1S/C9H16N2O/c1-2-7-3-9(4-7)5-11(6-9)8(10)12/h7H,2-6H2,1H3,(H2,10,12). The van der Waals surface area contributed by atoms with Crippen molar-refractivity contribution in [3.8, 4) is 0 Å². The average Bonchev–Trinajstić information content (AvgIpc) is 1.81. The zero-order valence-corrected chi connectivity index (χ0v) is 7.55. The second-order valence-electron chi connectivity index (χ2n) is 4.38. The monoisotopic (exact) mass is 168 g/mol. The summed E-state index contributed by atoms with van der Waals surface area (Å²) >= 11 is 0. The van der Waals surface area contributed by atoms with Crippen molar-refractivity contribution in [1.82, 2.24) is 4.90 Å². The molecule has 0 aromatic carbocycles. The van der Waals surface area contributed by atoms with Crippen molar-refractivity contribution in [3.63, 3.8) is 0 Å². The maximum absolute atomic E-state index is 10.7. The molecule has 0 atom stereocenters. The van der Waals surface area contributed by atoms with Gasteiger partial charge in [0.15, 0.2) is 0 Å². The van der Waals surface area contributed by atoms with Gasteiger partial charge in [-0.3, -0.25) is 0 Å². The molecular formula is C9H16N2O. The number of hydrogen-bond donors (Lipinski definition) is 1. The van der Waals surface area contributed by atoms with Crippen molar-refractivity contribution in [2.45, 2.75) is 26.2 Å². The van der Waals surface area contributed by atoms with E-state index in [9.17, 15) is 4.79 Å². The molecule has 0 bridgehead atoms. The molecule has 2 aliphatic rings. The first kappa shape index (κ1) is 7.90. The van der Waals surface area contributed by atoms with Gasteiger partial charge in [0.2, 0.25) is 0 Å². The lowest BCUT2D eigenvalue weighted by Crippen LogP contribution is -2.64. The molecule has 1 saturated carbocycles. The highest BCUT2D eigenvalue weighted by atomic mass is 16.2. The van der Waals surface area contributed by atoms with Gasteiger partial charge in [-0.1, -0.05) is 13.3 Å². The largest absolute Gasteiger partial charge is 0.351 e. The van der Waals surface area contributed by atoms with E-state index in [1.165, 1.54) is 19.3 Å². The molecule has 12 heavy (non-hydrogen) atoms. The highest BCUT2D eigenvalue weighted by Crippen LogP contribution is 2.52. The van der Waals surface area contributed by atoms with Crippen LogP contribution < -0.4 is 5.73 Å². The maximum atomic E-state index is 10.7. The van der Waals surface area contributed by atoms with Crippen LogP contribution in [0.15, 0.2) is 0 Å². The third-order valence-electron chi connectivity index (χ3n) is 3.38. The summed E-state index contributed by atoms with van der Waals surface area (Å²) in [7, 11) is 0. The predicted molar refractivity (Wildman–Crippen MR) is 46.6 cm³/mol. The Balaban J connectivity index is 1.79. The van der Waals surface area contributed by atoms with E-state index in [1.807, 2.05) is 0 Å². The number of primary amides is 1. The molecule has 1 spiro atoms. The van der Waals surface area contributed by atoms with E-state index in [1.54, 1.807) is 4.90 Å². The minimum absolute atomic E-state index is 0.249. The van der Waals surface area contributed by atoms with E-state index in [0.29, 0.717) is 5.41 Å². The molecule has 68 valence electrons. The Hall–Kier alpha value is -0.730. The van der Waals surface area contributed by atoms with Gasteiger partial charge in [0.05, 0.1) is 0 Å². The van der Waals surface area contributed by atoms with Gasteiger partial charge in [0, 0.05) is 18.5 Å². The van der Waals surface area contributed by atoms with Crippen molar-refractivity contribution in [1.29, 1.82) is 0 Å². The van der Waals surface area contributed by atoms with Crippen molar-refractivity contribution >= 4 is 6.03 Å². The number of amides is 2. The van der Waals surface area contributed by atoms with Crippen LogP contribution in [0.25, 0.3) is 0 Å². The Morgan fingerprint density at radius 3 is 2.58 bits per heavy atom. The van der Waals surface area contributed by atoms with E-state index in [4.69, 9.17) is 5.73 Å². The molecule has 2 fully saturated rings. The van der Waals surface area contributed by atoms with Crippen LogP contribution in [0.3, 0.4) is 0 Å². The minimum Gasteiger partial charge on any atom is -0.351 e. The smallest absolute Gasteiger partial charge is 0.314 e. The van der Waals surface area contributed by atoms with Crippen LogP contribution in [-0.2, 0) is 0 Å². The van der Waals surface area contributed by atoms with E-state index in [2.05, 4.69) is 6.92 Å². The Morgan fingerprint density at radius 2 is 2.17 bits per heavy atom. The van der Waals surface area contributed by atoms with Crippen molar-refractivity contribution < 1.29 is 4.79 Å². The summed E-state index contributed by atoms with van der Waals surface area (Å²) in [5.41, 5.74) is 5.65. The fourth-order valence-corrected chi connectivity index (χ4v) is 2.63. The van der Waals surface area contributed by atoms with Gasteiger partial charge >= 0.3 is 6.03 Å².